The summed E-state index contributed by atoms with van der Waals surface area (Å²) in [6.07, 6.45) is 34.6. The van der Waals surface area contributed by atoms with Crippen LogP contribution in [0.15, 0.2) is 0 Å². The molecule has 0 amide bonds. The minimum absolute atomic E-state index is 0. The topological polar surface area (TPSA) is 80.3 Å². The fraction of sp³-hybridized carbons (Fsp3) is 0.944. The number of carbonyl (C=O) groups excluding carboxylic acids is 2. The Bertz CT molecular complexity index is 463. The molecule has 0 radical (unpaired) electrons. The quantitative estimate of drug-likeness (QED) is 0.0632. The van der Waals surface area contributed by atoms with Crippen LogP contribution in [0.4, 0.5) is 0 Å². The van der Waals surface area contributed by atoms with Gasteiger partial charge in [-0.05, 0) is 61.3 Å². The lowest BCUT2D eigenvalue weighted by Crippen LogP contribution is -2.21. The summed E-state index contributed by atoms with van der Waals surface area (Å²) in [5.41, 5.74) is 0. The molecular weight excluding hydrogens is 558 g/mol. The molecule has 0 fully saturated rings. The van der Waals surface area contributed by atoms with Crippen LogP contribution in [0.2, 0.25) is 0 Å². The molecule has 256 valence electrons. The van der Waals surface area contributed by atoms with Crippen LogP contribution in [0.3, 0.4) is 0 Å². The van der Waals surface area contributed by atoms with Gasteiger partial charge in [0.25, 0.3) is 0 Å². The fourth-order valence-electron chi connectivity index (χ4n) is 5.10. The molecule has 0 rings (SSSR count). The second kappa shape index (κ2) is 40.8. The molecule has 0 saturated heterocycles. The molecule has 1 atom stereocenters. The SMILES string of the molecule is CCCCCCCCCC(=O)[O-].CCCCCCCCCC(=O)[O-].CCCC[P+](CCCC)(CCCC)CCCC.[PH4+]. The summed E-state index contributed by atoms with van der Waals surface area (Å²) in [5, 5.41) is 20.0. The van der Waals surface area contributed by atoms with Crippen molar-refractivity contribution in [3.63, 3.8) is 0 Å². The number of carboxylic acids is 2. The Morgan fingerprint density at radius 1 is 0.381 bits per heavy atom. The standard InChI is InChI=1S/C16H36P.2C10H20O2.H3P/c1-5-9-13-17(14-10-6-2,15-11-7-3)16-12-8-4;2*1-2-3-4-5-6-7-8-9-10(11)12;/h5-16H2,1-4H3;2*2-9H2,1H3,(H,11,12);1H3/q+1;;;/p-1. The average molecular weight is 637 g/mol. The van der Waals surface area contributed by atoms with Crippen molar-refractivity contribution in [2.24, 2.45) is 0 Å². The summed E-state index contributed by atoms with van der Waals surface area (Å²) in [6.45, 7) is 13.8. The lowest BCUT2D eigenvalue weighted by molar-refractivity contribution is -0.307. The van der Waals surface area contributed by atoms with Crippen LogP contribution in [-0.4, -0.2) is 36.6 Å². The zero-order chi connectivity index (χ0) is 31.5. The highest BCUT2D eigenvalue weighted by atomic mass is 31.2. The number of aliphatic carboxylic acids is 2. The van der Waals surface area contributed by atoms with Crippen molar-refractivity contribution in [1.82, 2.24) is 0 Å². The first-order valence-electron chi connectivity index (χ1n) is 18.0. The molecule has 42 heavy (non-hydrogen) atoms. The maximum Gasteiger partial charge on any atom is 0.0594 e. The molecule has 1 unspecified atom stereocenters. The van der Waals surface area contributed by atoms with Gasteiger partial charge in [-0.1, -0.05) is 144 Å². The Kier molecular flexibility index (Phi) is 47.3. The summed E-state index contributed by atoms with van der Waals surface area (Å²) < 4.78 is 0. The fourth-order valence-corrected chi connectivity index (χ4v) is 10.4. The Morgan fingerprint density at radius 2 is 0.595 bits per heavy atom. The maximum atomic E-state index is 10.0. The first kappa shape index (κ1) is 48.7. The molecule has 4 nitrogen and oxygen atoms in total. The average Bonchev–Trinajstić information content (AvgIpc) is 2.96. The van der Waals surface area contributed by atoms with E-state index in [0.29, 0.717) is 0 Å². The molecule has 0 saturated carbocycles. The summed E-state index contributed by atoms with van der Waals surface area (Å²) in [7, 11) is -0.562. The third-order valence-corrected chi connectivity index (χ3v) is 13.0. The maximum absolute atomic E-state index is 10.0. The second-order valence-corrected chi connectivity index (χ2v) is 16.6. The number of rotatable bonds is 28. The van der Waals surface area contributed by atoms with Crippen molar-refractivity contribution in [1.29, 1.82) is 0 Å². The molecule has 0 aliphatic carbocycles. The monoisotopic (exact) mass is 637 g/mol. The minimum Gasteiger partial charge on any atom is -0.550 e. The van der Waals surface area contributed by atoms with E-state index in [1.54, 1.807) is 24.6 Å². The lowest BCUT2D eigenvalue weighted by Gasteiger charge is -2.28. The number of hydrogen-bond donors (Lipinski definition) is 0. The van der Waals surface area contributed by atoms with Gasteiger partial charge in [0.2, 0.25) is 0 Å². The van der Waals surface area contributed by atoms with Crippen LogP contribution in [0.5, 0.6) is 0 Å². The van der Waals surface area contributed by atoms with Crippen LogP contribution in [0, 0.1) is 0 Å². The number of carboxylic acid groups (broad SMARTS) is 2. The summed E-state index contributed by atoms with van der Waals surface area (Å²) in [5.74, 6) is -1.83. The van der Waals surface area contributed by atoms with E-state index in [0.717, 1.165) is 25.7 Å². The van der Waals surface area contributed by atoms with E-state index >= 15 is 0 Å². The van der Waals surface area contributed by atoms with E-state index in [9.17, 15) is 19.8 Å². The molecule has 0 bridgehead atoms. The Morgan fingerprint density at radius 3 is 0.810 bits per heavy atom. The van der Waals surface area contributed by atoms with Crippen LogP contribution in [0.1, 0.15) is 196 Å². The molecule has 0 spiro atoms. The van der Waals surface area contributed by atoms with Crippen molar-refractivity contribution >= 4 is 29.1 Å². The summed E-state index contributed by atoms with van der Waals surface area (Å²) >= 11 is 0. The van der Waals surface area contributed by atoms with E-state index in [2.05, 4.69) is 41.5 Å². The third kappa shape index (κ3) is 41.9. The zero-order valence-corrected chi connectivity index (χ0v) is 32.8. The van der Waals surface area contributed by atoms with Crippen molar-refractivity contribution in [2.75, 3.05) is 24.6 Å². The van der Waals surface area contributed by atoms with Gasteiger partial charge in [-0.3, -0.25) is 0 Å². The van der Waals surface area contributed by atoms with Gasteiger partial charge in [0.05, 0.1) is 24.6 Å². The van der Waals surface area contributed by atoms with Gasteiger partial charge in [0, 0.05) is 19.2 Å². The molecule has 0 aliphatic rings. The smallest absolute Gasteiger partial charge is 0.0594 e. The van der Waals surface area contributed by atoms with Gasteiger partial charge in [-0.15, -0.1) is 0 Å². The summed E-state index contributed by atoms with van der Waals surface area (Å²) in [6, 6.07) is 0. The lowest BCUT2D eigenvalue weighted by atomic mass is 10.1. The third-order valence-electron chi connectivity index (χ3n) is 7.91. The predicted octanol–water partition coefficient (Wildman–Crippen LogP) is 9.75. The molecule has 0 heterocycles. The molecule has 6 heteroatoms. The van der Waals surface area contributed by atoms with Crippen LogP contribution in [0.25, 0.3) is 0 Å². The largest absolute Gasteiger partial charge is 0.550 e. The van der Waals surface area contributed by atoms with Gasteiger partial charge in [-0.2, -0.15) is 0 Å². The van der Waals surface area contributed by atoms with Gasteiger partial charge in [-0.25, -0.2) is 0 Å². The van der Waals surface area contributed by atoms with Crippen LogP contribution in [-0.2, 0) is 9.59 Å². The van der Waals surface area contributed by atoms with Gasteiger partial charge in [0.15, 0.2) is 0 Å². The van der Waals surface area contributed by atoms with E-state index in [4.69, 9.17) is 0 Å². The van der Waals surface area contributed by atoms with Crippen molar-refractivity contribution in [3.8, 4) is 0 Å². The number of unbranched alkanes of at least 4 members (excludes halogenated alkanes) is 16. The van der Waals surface area contributed by atoms with Gasteiger partial charge < -0.3 is 19.8 Å². The van der Waals surface area contributed by atoms with Gasteiger partial charge in [0.1, 0.15) is 0 Å². The first-order valence-corrected chi connectivity index (χ1v) is 20.6. The normalized spacial score (nSPS) is 10.6. The first-order chi connectivity index (χ1) is 19.8. The van der Waals surface area contributed by atoms with Crippen LogP contribution >= 0.6 is 17.2 Å². The molecule has 0 aromatic carbocycles. The molecule has 0 aromatic rings. The van der Waals surface area contributed by atoms with E-state index in [-0.39, 0.29) is 22.7 Å². The highest BCUT2D eigenvalue weighted by Crippen LogP contribution is 2.61. The molecular formula is C36H78O4P2. The van der Waals surface area contributed by atoms with E-state index in [1.807, 2.05) is 0 Å². The predicted molar refractivity (Wildman–Crippen MR) is 194 cm³/mol. The van der Waals surface area contributed by atoms with Crippen LogP contribution < -0.4 is 10.2 Å². The zero-order valence-electron chi connectivity index (χ0n) is 29.9. The minimum atomic E-state index is -0.913. The van der Waals surface area contributed by atoms with E-state index in [1.165, 1.54) is 116 Å². The highest BCUT2D eigenvalue weighted by molar-refractivity contribution is 7.75. The number of carbonyl (C=O) groups is 2. The van der Waals surface area contributed by atoms with Gasteiger partial charge >= 0.3 is 0 Å². The second-order valence-electron chi connectivity index (χ2n) is 12.1. The molecule has 0 aliphatic heterocycles. The Balaban J connectivity index is -0.000000261. The van der Waals surface area contributed by atoms with Crippen molar-refractivity contribution < 1.29 is 19.8 Å². The molecule has 0 aromatic heterocycles. The summed E-state index contributed by atoms with van der Waals surface area (Å²) in [4.78, 5) is 20.0. The number of hydrogen-bond acceptors (Lipinski definition) is 4. The van der Waals surface area contributed by atoms with E-state index < -0.39 is 19.2 Å². The Labute approximate surface area is 268 Å². The van der Waals surface area contributed by atoms with Crippen molar-refractivity contribution in [3.05, 3.63) is 0 Å². The Hall–Kier alpha value is -0.200. The van der Waals surface area contributed by atoms with Crippen molar-refractivity contribution in [2.45, 2.75) is 196 Å². The highest BCUT2D eigenvalue weighted by Gasteiger charge is 2.34. The molecule has 0 N–H and O–H groups in total.